The van der Waals surface area contributed by atoms with Crippen molar-refractivity contribution in [2.45, 2.75) is 18.9 Å². The van der Waals surface area contributed by atoms with Crippen LogP contribution in [0.25, 0.3) is 0 Å². The average molecular weight is 290 g/mol. The van der Waals surface area contributed by atoms with Crippen LogP contribution >= 0.6 is 0 Å². The summed E-state index contributed by atoms with van der Waals surface area (Å²) in [4.78, 5) is 0. The van der Waals surface area contributed by atoms with Crippen molar-refractivity contribution in [3.8, 4) is 0 Å². The second kappa shape index (κ2) is 6.10. The summed E-state index contributed by atoms with van der Waals surface area (Å²) in [6.45, 7) is 1.24. The molecule has 4 rings (SSSR count). The minimum atomic E-state index is 0.422. The molecule has 2 N–H and O–H groups in total. The number of hydrogen-bond acceptors (Lipinski definition) is 0. The molecule has 0 unspecified atom stereocenters. The Morgan fingerprint density at radius 2 is 1.45 bits per heavy atom. The molecule has 0 heterocycles. The van der Waals surface area contributed by atoms with Crippen molar-refractivity contribution in [1.82, 2.24) is 0 Å². The number of rotatable bonds is 5. The van der Waals surface area contributed by atoms with E-state index in [9.17, 15) is 0 Å². The van der Waals surface area contributed by atoms with Gasteiger partial charge in [0, 0.05) is 17.0 Å². The Kier molecular flexibility index (Phi) is 3.82. The summed E-state index contributed by atoms with van der Waals surface area (Å²) in [5, 5.41) is 2.56. The first-order valence-electron chi connectivity index (χ1n) is 8.51. The van der Waals surface area contributed by atoms with E-state index in [1.54, 1.807) is 0 Å². The second-order valence-corrected chi connectivity index (χ2v) is 6.81. The zero-order valence-electron chi connectivity index (χ0n) is 12.9. The van der Waals surface area contributed by atoms with Gasteiger partial charge in [-0.25, -0.2) is 0 Å². The van der Waals surface area contributed by atoms with E-state index >= 15 is 0 Å². The van der Waals surface area contributed by atoms with Gasteiger partial charge in [-0.3, -0.25) is 0 Å². The molecule has 1 saturated carbocycles. The highest BCUT2D eigenvalue weighted by atomic mass is 14.9. The summed E-state index contributed by atoms with van der Waals surface area (Å²) in [6, 6.07) is 22.3. The predicted octanol–water partition coefficient (Wildman–Crippen LogP) is 3.55. The molecular formula is C21H24N+. The molecule has 0 saturated heterocycles. The molecule has 0 aliphatic heterocycles. The van der Waals surface area contributed by atoms with Gasteiger partial charge in [0.25, 0.3) is 0 Å². The molecule has 0 spiro atoms. The predicted molar refractivity (Wildman–Crippen MR) is 90.4 cm³/mol. The van der Waals surface area contributed by atoms with Gasteiger partial charge in [-0.2, -0.15) is 0 Å². The Balaban J connectivity index is 1.52. The maximum atomic E-state index is 2.56. The summed E-state index contributed by atoms with van der Waals surface area (Å²) in [6.07, 6.45) is 7.70. The Morgan fingerprint density at radius 1 is 0.818 bits per heavy atom. The number of quaternary nitrogens is 1. The molecule has 0 amide bonds. The van der Waals surface area contributed by atoms with Crippen LogP contribution in [0.4, 0.5) is 0 Å². The zero-order valence-corrected chi connectivity index (χ0v) is 12.9. The molecule has 112 valence electrons. The Hall–Kier alpha value is -1.86. The summed E-state index contributed by atoms with van der Waals surface area (Å²) < 4.78 is 0. The molecule has 2 aromatic carbocycles. The van der Waals surface area contributed by atoms with Gasteiger partial charge in [0.05, 0.1) is 6.54 Å². The second-order valence-electron chi connectivity index (χ2n) is 6.81. The average Bonchev–Trinajstić information content (AvgIpc) is 3.20. The molecule has 0 aromatic heterocycles. The van der Waals surface area contributed by atoms with Gasteiger partial charge >= 0.3 is 0 Å². The fraction of sp³-hybridized carbons (Fsp3) is 0.333. The van der Waals surface area contributed by atoms with E-state index in [1.165, 1.54) is 30.5 Å². The number of benzene rings is 2. The van der Waals surface area contributed by atoms with E-state index in [4.69, 9.17) is 0 Å². The molecule has 1 nitrogen and oxygen atoms in total. The molecule has 2 bridgehead atoms. The first-order chi connectivity index (χ1) is 10.9. The van der Waals surface area contributed by atoms with Crippen LogP contribution in [-0.4, -0.2) is 6.54 Å². The quantitative estimate of drug-likeness (QED) is 0.811. The molecule has 3 atom stereocenters. The number of hydrogen-bond donors (Lipinski definition) is 1. The monoisotopic (exact) mass is 290 g/mol. The molecular weight excluding hydrogens is 266 g/mol. The topological polar surface area (TPSA) is 16.6 Å². The summed E-state index contributed by atoms with van der Waals surface area (Å²) in [5.41, 5.74) is 2.82. The van der Waals surface area contributed by atoms with Gasteiger partial charge in [-0.05, 0) is 24.7 Å². The van der Waals surface area contributed by atoms with Crippen molar-refractivity contribution in [3.63, 3.8) is 0 Å². The first kappa shape index (κ1) is 13.8. The molecule has 2 aliphatic carbocycles. The van der Waals surface area contributed by atoms with Crippen LogP contribution < -0.4 is 5.32 Å². The van der Waals surface area contributed by atoms with Crippen molar-refractivity contribution < 1.29 is 5.32 Å². The highest BCUT2D eigenvalue weighted by Gasteiger charge is 2.37. The third-order valence-electron chi connectivity index (χ3n) is 5.41. The molecule has 2 aliphatic rings. The van der Waals surface area contributed by atoms with Crippen molar-refractivity contribution in [2.24, 2.45) is 17.8 Å². The van der Waals surface area contributed by atoms with Gasteiger partial charge in [-0.15, -0.1) is 0 Å². The van der Waals surface area contributed by atoms with E-state index in [-0.39, 0.29) is 0 Å². The Labute approximate surface area is 133 Å². The van der Waals surface area contributed by atoms with Crippen LogP contribution in [0.2, 0.25) is 0 Å². The number of allylic oxidation sites excluding steroid dienone is 2. The SMILES string of the molecule is C1=C[C@H]2C[C@@H]1C[C@@H]2C[NH2+]C(c1ccccc1)c1ccccc1. The summed E-state index contributed by atoms with van der Waals surface area (Å²) in [7, 11) is 0. The maximum Gasteiger partial charge on any atom is 0.137 e. The zero-order chi connectivity index (χ0) is 14.8. The minimum Gasteiger partial charge on any atom is -0.336 e. The number of fused-ring (bicyclic) bond motifs is 2. The van der Waals surface area contributed by atoms with E-state index < -0.39 is 0 Å². The van der Waals surface area contributed by atoms with E-state index in [0.29, 0.717) is 6.04 Å². The van der Waals surface area contributed by atoms with Gasteiger partial charge in [0.1, 0.15) is 6.04 Å². The number of nitrogens with two attached hydrogens (primary N) is 1. The smallest absolute Gasteiger partial charge is 0.137 e. The van der Waals surface area contributed by atoms with E-state index in [2.05, 4.69) is 78.1 Å². The van der Waals surface area contributed by atoms with Gasteiger partial charge in [0.15, 0.2) is 0 Å². The van der Waals surface area contributed by atoms with Crippen molar-refractivity contribution >= 4 is 0 Å². The fourth-order valence-electron chi connectivity index (χ4n) is 4.26. The van der Waals surface area contributed by atoms with Crippen LogP contribution in [0, 0.1) is 17.8 Å². The van der Waals surface area contributed by atoms with E-state index in [1.807, 2.05) is 0 Å². The lowest BCUT2D eigenvalue weighted by atomic mass is 9.92. The first-order valence-corrected chi connectivity index (χ1v) is 8.51. The third kappa shape index (κ3) is 2.74. The van der Waals surface area contributed by atoms with E-state index in [0.717, 1.165) is 17.8 Å². The normalized spacial score (nSPS) is 26.0. The van der Waals surface area contributed by atoms with Crippen LogP contribution in [-0.2, 0) is 0 Å². The fourth-order valence-corrected chi connectivity index (χ4v) is 4.26. The lowest BCUT2D eigenvalue weighted by Crippen LogP contribution is -2.87. The van der Waals surface area contributed by atoms with Crippen LogP contribution in [0.1, 0.15) is 30.0 Å². The van der Waals surface area contributed by atoms with Gasteiger partial charge in [-0.1, -0.05) is 72.8 Å². The standard InChI is InChI=1S/C21H23N/c1-3-7-17(8-4-1)21(18-9-5-2-6-10-18)22-15-20-14-16-11-12-19(20)13-16/h1-12,16,19-22H,13-15H2/p+1/t16-,19+,20-/m1/s1. The van der Waals surface area contributed by atoms with Gasteiger partial charge in [0.2, 0.25) is 0 Å². The van der Waals surface area contributed by atoms with Crippen molar-refractivity contribution in [2.75, 3.05) is 6.54 Å². The van der Waals surface area contributed by atoms with Crippen molar-refractivity contribution in [1.29, 1.82) is 0 Å². The van der Waals surface area contributed by atoms with Crippen molar-refractivity contribution in [3.05, 3.63) is 83.9 Å². The van der Waals surface area contributed by atoms with Crippen LogP contribution in [0.15, 0.2) is 72.8 Å². The molecule has 1 fully saturated rings. The lowest BCUT2D eigenvalue weighted by Gasteiger charge is -2.22. The Bertz CT molecular complexity index is 592. The molecule has 2 aromatic rings. The minimum absolute atomic E-state index is 0.422. The molecule has 0 radical (unpaired) electrons. The highest BCUT2D eigenvalue weighted by Crippen LogP contribution is 2.42. The Morgan fingerprint density at radius 3 is 1.95 bits per heavy atom. The lowest BCUT2D eigenvalue weighted by molar-refractivity contribution is -0.692. The van der Waals surface area contributed by atoms with Crippen LogP contribution in [0.3, 0.4) is 0 Å². The van der Waals surface area contributed by atoms with Crippen LogP contribution in [0.5, 0.6) is 0 Å². The highest BCUT2D eigenvalue weighted by molar-refractivity contribution is 5.29. The largest absolute Gasteiger partial charge is 0.336 e. The maximum absolute atomic E-state index is 2.56. The summed E-state index contributed by atoms with van der Waals surface area (Å²) in [5.74, 6) is 2.58. The molecule has 22 heavy (non-hydrogen) atoms. The summed E-state index contributed by atoms with van der Waals surface area (Å²) >= 11 is 0. The van der Waals surface area contributed by atoms with Gasteiger partial charge < -0.3 is 5.32 Å². The molecule has 1 heteroatoms. The third-order valence-corrected chi connectivity index (χ3v) is 5.41.